The molecule has 0 unspecified atom stereocenters. The molecule has 0 amide bonds. The third kappa shape index (κ3) is 14.7. The molecule has 0 saturated carbocycles. The summed E-state index contributed by atoms with van der Waals surface area (Å²) in [6.07, 6.45) is 13.4. The van der Waals surface area contributed by atoms with Gasteiger partial charge in [-0.25, -0.2) is 0 Å². The van der Waals surface area contributed by atoms with E-state index in [2.05, 4.69) is 34.6 Å². The summed E-state index contributed by atoms with van der Waals surface area (Å²) in [4.78, 5) is 0. The molecule has 1 N–H and O–H groups in total. The van der Waals surface area contributed by atoms with E-state index in [1.165, 1.54) is 57.8 Å². The minimum atomic E-state index is 0.353. The molecule has 0 heterocycles. The van der Waals surface area contributed by atoms with Gasteiger partial charge in [0.05, 0.1) is 0 Å². The summed E-state index contributed by atoms with van der Waals surface area (Å²) in [5, 5.41) is 8.91. The van der Waals surface area contributed by atoms with Crippen molar-refractivity contribution in [1.82, 2.24) is 0 Å². The maximum atomic E-state index is 8.91. The smallest absolute Gasteiger partial charge is 0.0433 e. The maximum absolute atomic E-state index is 8.91. The Morgan fingerprint density at radius 2 is 0.857 bits per heavy atom. The lowest BCUT2D eigenvalue weighted by Crippen LogP contribution is -2.02. The van der Waals surface area contributed by atoms with E-state index in [4.69, 9.17) is 5.11 Å². The van der Waals surface area contributed by atoms with Gasteiger partial charge in [-0.05, 0) is 30.1 Å². The third-order valence-corrected chi connectivity index (χ3v) is 4.89. The van der Waals surface area contributed by atoms with Gasteiger partial charge in [0.25, 0.3) is 0 Å². The summed E-state index contributed by atoms with van der Waals surface area (Å²) in [7, 11) is 0. The molecule has 0 aromatic rings. The zero-order chi connectivity index (χ0) is 16.1. The summed E-state index contributed by atoms with van der Waals surface area (Å²) in [6.45, 7) is 12.1. The van der Waals surface area contributed by atoms with Gasteiger partial charge >= 0.3 is 0 Å². The second-order valence-electron chi connectivity index (χ2n) is 8.01. The second-order valence-corrected chi connectivity index (χ2v) is 8.01. The van der Waals surface area contributed by atoms with Gasteiger partial charge < -0.3 is 5.11 Å². The molecule has 3 atom stereocenters. The van der Waals surface area contributed by atoms with E-state index >= 15 is 0 Å². The van der Waals surface area contributed by atoms with E-state index in [1.54, 1.807) is 0 Å². The normalized spacial score (nSPS) is 16.1. The molecular formula is C20H42O. The molecule has 0 aromatic carbocycles. The molecule has 128 valence electrons. The molecule has 0 rings (SSSR count). The lowest BCUT2D eigenvalue weighted by Gasteiger charge is -2.16. The van der Waals surface area contributed by atoms with Crippen LogP contribution in [-0.4, -0.2) is 11.7 Å². The van der Waals surface area contributed by atoms with Crippen LogP contribution < -0.4 is 0 Å². The number of hydrogen-bond donors (Lipinski definition) is 1. The first-order valence-corrected chi connectivity index (χ1v) is 9.56. The summed E-state index contributed by atoms with van der Waals surface area (Å²) in [6, 6.07) is 0. The summed E-state index contributed by atoms with van der Waals surface area (Å²) in [5.41, 5.74) is 0. The van der Waals surface area contributed by atoms with Crippen LogP contribution in [0.1, 0.15) is 98.8 Å². The van der Waals surface area contributed by atoms with Crippen molar-refractivity contribution in [2.45, 2.75) is 98.8 Å². The highest BCUT2D eigenvalue weighted by Gasteiger charge is 2.07. The fourth-order valence-corrected chi connectivity index (χ4v) is 3.16. The van der Waals surface area contributed by atoms with Crippen LogP contribution in [0.15, 0.2) is 0 Å². The first kappa shape index (κ1) is 21.0. The van der Waals surface area contributed by atoms with Crippen LogP contribution in [0.3, 0.4) is 0 Å². The molecule has 1 nitrogen and oxygen atoms in total. The molecule has 21 heavy (non-hydrogen) atoms. The van der Waals surface area contributed by atoms with Gasteiger partial charge in [0.15, 0.2) is 0 Å². The molecular weight excluding hydrogens is 256 g/mol. The summed E-state index contributed by atoms with van der Waals surface area (Å²) >= 11 is 0. The van der Waals surface area contributed by atoms with Gasteiger partial charge in [0, 0.05) is 6.61 Å². The molecule has 0 saturated heterocycles. The van der Waals surface area contributed by atoms with Crippen molar-refractivity contribution >= 4 is 0 Å². The van der Waals surface area contributed by atoms with Gasteiger partial charge in [-0.1, -0.05) is 92.4 Å². The van der Waals surface area contributed by atoms with Crippen LogP contribution in [0.25, 0.3) is 0 Å². The van der Waals surface area contributed by atoms with E-state index < -0.39 is 0 Å². The average Bonchev–Trinajstić information content (AvgIpc) is 2.38. The van der Waals surface area contributed by atoms with Crippen LogP contribution in [0.4, 0.5) is 0 Å². The Kier molecular flexibility index (Phi) is 13.6. The molecule has 0 aromatic heterocycles. The van der Waals surface area contributed by atoms with Gasteiger partial charge in [-0.3, -0.25) is 0 Å². The zero-order valence-corrected chi connectivity index (χ0v) is 15.5. The first-order chi connectivity index (χ1) is 9.95. The van der Waals surface area contributed by atoms with E-state index in [0.717, 1.165) is 24.2 Å². The number of aliphatic hydroxyl groups is 1. The number of aliphatic hydroxyl groups excluding tert-OH is 1. The Balaban J connectivity index is 3.45. The average molecular weight is 299 g/mol. The fourth-order valence-electron chi connectivity index (χ4n) is 3.16. The number of rotatable bonds is 14. The SMILES string of the molecule is CC(C)CCC[C@@H](C)CCC[C@@H](C)CCC[C@@H](C)CCO. The Labute approximate surface area is 134 Å². The zero-order valence-electron chi connectivity index (χ0n) is 15.5. The van der Waals surface area contributed by atoms with E-state index in [-0.39, 0.29) is 0 Å². The van der Waals surface area contributed by atoms with Crippen molar-refractivity contribution in [3.8, 4) is 0 Å². The molecule has 1 heteroatoms. The van der Waals surface area contributed by atoms with Crippen LogP contribution in [0.2, 0.25) is 0 Å². The monoisotopic (exact) mass is 298 g/mol. The third-order valence-electron chi connectivity index (χ3n) is 4.89. The van der Waals surface area contributed by atoms with E-state index in [0.29, 0.717) is 12.5 Å². The highest BCUT2D eigenvalue weighted by molar-refractivity contribution is 4.60. The van der Waals surface area contributed by atoms with Gasteiger partial charge in [-0.15, -0.1) is 0 Å². The Morgan fingerprint density at radius 1 is 0.524 bits per heavy atom. The number of hydrogen-bond acceptors (Lipinski definition) is 1. The Morgan fingerprint density at radius 3 is 1.19 bits per heavy atom. The van der Waals surface area contributed by atoms with Gasteiger partial charge in [0.1, 0.15) is 0 Å². The minimum Gasteiger partial charge on any atom is -0.396 e. The minimum absolute atomic E-state index is 0.353. The molecule has 0 radical (unpaired) electrons. The van der Waals surface area contributed by atoms with Crippen LogP contribution >= 0.6 is 0 Å². The Hall–Kier alpha value is -0.0400. The lowest BCUT2D eigenvalue weighted by molar-refractivity contribution is 0.255. The van der Waals surface area contributed by atoms with E-state index in [9.17, 15) is 0 Å². The van der Waals surface area contributed by atoms with Crippen LogP contribution in [-0.2, 0) is 0 Å². The fraction of sp³-hybridized carbons (Fsp3) is 1.00. The van der Waals surface area contributed by atoms with E-state index in [1.807, 2.05) is 0 Å². The molecule has 0 aliphatic rings. The molecule has 0 bridgehead atoms. The largest absolute Gasteiger partial charge is 0.396 e. The highest BCUT2D eigenvalue weighted by atomic mass is 16.3. The quantitative estimate of drug-likeness (QED) is 0.391. The van der Waals surface area contributed by atoms with Crippen LogP contribution in [0, 0.1) is 23.7 Å². The second kappa shape index (κ2) is 13.6. The van der Waals surface area contributed by atoms with Gasteiger partial charge in [-0.2, -0.15) is 0 Å². The molecule has 0 spiro atoms. The van der Waals surface area contributed by atoms with Crippen molar-refractivity contribution in [3.63, 3.8) is 0 Å². The van der Waals surface area contributed by atoms with Crippen LogP contribution in [0.5, 0.6) is 0 Å². The van der Waals surface area contributed by atoms with Crippen molar-refractivity contribution in [2.75, 3.05) is 6.61 Å². The predicted molar refractivity (Wildman–Crippen MR) is 95.6 cm³/mol. The molecule has 0 aliphatic heterocycles. The molecule has 0 fully saturated rings. The lowest BCUT2D eigenvalue weighted by atomic mass is 9.91. The van der Waals surface area contributed by atoms with Crippen molar-refractivity contribution in [2.24, 2.45) is 23.7 Å². The van der Waals surface area contributed by atoms with Crippen molar-refractivity contribution in [3.05, 3.63) is 0 Å². The van der Waals surface area contributed by atoms with Gasteiger partial charge in [0.2, 0.25) is 0 Å². The molecule has 0 aliphatic carbocycles. The Bertz CT molecular complexity index is 212. The topological polar surface area (TPSA) is 20.2 Å². The maximum Gasteiger partial charge on any atom is 0.0433 e. The first-order valence-electron chi connectivity index (χ1n) is 9.56. The van der Waals surface area contributed by atoms with Crippen molar-refractivity contribution < 1.29 is 5.11 Å². The summed E-state index contributed by atoms with van der Waals surface area (Å²) in [5.74, 6) is 3.36. The predicted octanol–water partition coefficient (Wildman–Crippen LogP) is 6.44. The van der Waals surface area contributed by atoms with Crippen molar-refractivity contribution in [1.29, 1.82) is 0 Å². The highest BCUT2D eigenvalue weighted by Crippen LogP contribution is 2.22. The standard InChI is InChI=1S/C20H42O/c1-17(2)9-6-10-18(3)11-7-12-19(4)13-8-14-20(5)15-16-21/h17-21H,6-16H2,1-5H3/t18-,19-,20-/m1/s1. The summed E-state index contributed by atoms with van der Waals surface area (Å²) < 4.78 is 0.